The summed E-state index contributed by atoms with van der Waals surface area (Å²) in [6, 6.07) is 0. The summed E-state index contributed by atoms with van der Waals surface area (Å²) in [6.07, 6.45) is -1.10. The van der Waals surface area contributed by atoms with Gasteiger partial charge in [-0.25, -0.2) is 9.40 Å². The number of hydrazine groups is 1. The normalized spacial score (nSPS) is 27.7. The Morgan fingerprint density at radius 3 is 2.43 bits per heavy atom. The molecule has 0 aromatic carbocycles. The van der Waals surface area contributed by atoms with E-state index in [1.807, 2.05) is 0 Å². The van der Waals surface area contributed by atoms with E-state index < -0.39 is 6.42 Å². The van der Waals surface area contributed by atoms with Crippen molar-refractivity contribution in [2.75, 3.05) is 0 Å². The summed E-state index contributed by atoms with van der Waals surface area (Å²) in [5, 5.41) is 7.89. The third kappa shape index (κ3) is 0.691. The van der Waals surface area contributed by atoms with Crippen LogP contribution < -0.4 is 5.43 Å². The number of alkyl halides is 1. The van der Waals surface area contributed by atoms with Crippen LogP contribution in [0.1, 0.15) is 6.92 Å². The smallest absolute Gasteiger partial charge is 0.258 e. The lowest BCUT2D eigenvalue weighted by atomic mass is 10.7. The van der Waals surface area contributed by atoms with Gasteiger partial charge in [-0.05, 0) is 6.92 Å². The SMILES string of the molecule is CC(=N)N1NC1F. The highest BCUT2D eigenvalue weighted by atomic mass is 19.1. The number of nitrogens with one attached hydrogen (secondary N) is 2. The van der Waals surface area contributed by atoms with Crippen molar-refractivity contribution in [1.29, 1.82) is 5.41 Å². The summed E-state index contributed by atoms with van der Waals surface area (Å²) in [5.41, 5.74) is 2.27. The monoisotopic (exact) mass is 103 g/mol. The standard InChI is InChI=1S/C3H6FN3/c1-2(5)7-3(4)6-7/h3,5-6H,1H3. The predicted octanol–water partition coefficient (Wildman–Crippen LogP) is 0.0569. The number of amidine groups is 1. The lowest BCUT2D eigenvalue weighted by molar-refractivity contribution is 0.412. The zero-order chi connectivity index (χ0) is 5.44. The van der Waals surface area contributed by atoms with Crippen LogP contribution in [0, 0.1) is 5.41 Å². The van der Waals surface area contributed by atoms with Crippen molar-refractivity contribution in [1.82, 2.24) is 10.4 Å². The van der Waals surface area contributed by atoms with Crippen molar-refractivity contribution in [3.8, 4) is 0 Å². The van der Waals surface area contributed by atoms with Crippen LogP contribution in [-0.4, -0.2) is 17.3 Å². The number of hydrogen-bond donors (Lipinski definition) is 2. The van der Waals surface area contributed by atoms with Gasteiger partial charge in [-0.3, -0.25) is 5.41 Å². The molecule has 1 aliphatic rings. The van der Waals surface area contributed by atoms with Crippen LogP contribution >= 0.6 is 0 Å². The maximum atomic E-state index is 11.7. The Labute approximate surface area is 40.6 Å². The number of halogens is 1. The summed E-state index contributed by atoms with van der Waals surface area (Å²) < 4.78 is 11.7. The molecule has 1 saturated heterocycles. The largest absolute Gasteiger partial charge is 0.287 e. The van der Waals surface area contributed by atoms with E-state index >= 15 is 0 Å². The molecule has 0 aromatic heterocycles. The first kappa shape index (κ1) is 4.52. The van der Waals surface area contributed by atoms with Crippen LogP contribution in [0.15, 0.2) is 0 Å². The van der Waals surface area contributed by atoms with E-state index in [1.54, 1.807) is 0 Å². The summed E-state index contributed by atoms with van der Waals surface area (Å²) in [6.45, 7) is 1.52. The molecule has 0 aliphatic carbocycles. The van der Waals surface area contributed by atoms with Gasteiger partial charge in [0.25, 0.3) is 6.42 Å². The van der Waals surface area contributed by atoms with Crippen LogP contribution in [0.4, 0.5) is 4.39 Å². The number of hydrogen-bond acceptors (Lipinski definition) is 2. The molecule has 1 atom stereocenters. The Morgan fingerprint density at radius 1 is 2.00 bits per heavy atom. The molecule has 1 fully saturated rings. The highest BCUT2D eigenvalue weighted by Gasteiger charge is 2.33. The molecule has 1 rings (SSSR count). The second-order valence-electron chi connectivity index (χ2n) is 1.42. The molecular weight excluding hydrogens is 97.1 g/mol. The minimum Gasteiger partial charge on any atom is -0.287 e. The van der Waals surface area contributed by atoms with Crippen molar-refractivity contribution in [2.45, 2.75) is 13.3 Å². The van der Waals surface area contributed by atoms with Crippen LogP contribution in [0.2, 0.25) is 0 Å². The second kappa shape index (κ2) is 1.16. The van der Waals surface area contributed by atoms with Crippen molar-refractivity contribution >= 4 is 5.84 Å². The lowest BCUT2D eigenvalue weighted by Gasteiger charge is -1.88. The molecule has 1 aliphatic heterocycles. The Balaban J connectivity index is 2.33. The molecule has 7 heavy (non-hydrogen) atoms. The van der Waals surface area contributed by atoms with E-state index in [0.717, 1.165) is 5.01 Å². The van der Waals surface area contributed by atoms with Gasteiger partial charge in [-0.1, -0.05) is 0 Å². The third-order valence-corrected chi connectivity index (χ3v) is 0.766. The first-order valence-corrected chi connectivity index (χ1v) is 1.96. The van der Waals surface area contributed by atoms with Crippen molar-refractivity contribution in [3.63, 3.8) is 0 Å². The fourth-order valence-electron chi connectivity index (χ4n) is 0.348. The Hall–Kier alpha value is -0.640. The lowest BCUT2D eigenvalue weighted by Crippen LogP contribution is -2.06. The molecule has 3 nitrogen and oxygen atoms in total. The van der Waals surface area contributed by atoms with Gasteiger partial charge in [-0.2, -0.15) is 5.43 Å². The van der Waals surface area contributed by atoms with Crippen LogP contribution in [0.3, 0.4) is 0 Å². The van der Waals surface area contributed by atoms with E-state index in [4.69, 9.17) is 5.41 Å². The molecule has 1 unspecified atom stereocenters. The van der Waals surface area contributed by atoms with Gasteiger partial charge < -0.3 is 0 Å². The first-order valence-electron chi connectivity index (χ1n) is 1.96. The highest BCUT2D eigenvalue weighted by Crippen LogP contribution is 2.08. The quantitative estimate of drug-likeness (QED) is 0.197. The minimum absolute atomic E-state index is 0.215. The molecule has 0 spiro atoms. The summed E-state index contributed by atoms with van der Waals surface area (Å²) in [4.78, 5) is 0. The van der Waals surface area contributed by atoms with Crippen LogP contribution in [0.5, 0.6) is 0 Å². The molecule has 1 heterocycles. The molecule has 0 amide bonds. The molecule has 0 bridgehead atoms. The summed E-state index contributed by atoms with van der Waals surface area (Å²) in [5.74, 6) is 0.215. The third-order valence-electron chi connectivity index (χ3n) is 0.766. The number of nitrogens with zero attached hydrogens (tertiary/aromatic N) is 1. The van der Waals surface area contributed by atoms with E-state index in [0.29, 0.717) is 0 Å². The fraction of sp³-hybridized carbons (Fsp3) is 0.667. The van der Waals surface area contributed by atoms with E-state index in [1.165, 1.54) is 6.92 Å². The van der Waals surface area contributed by atoms with Gasteiger partial charge >= 0.3 is 0 Å². The molecule has 40 valence electrons. The first-order chi connectivity index (χ1) is 3.22. The van der Waals surface area contributed by atoms with E-state index in [2.05, 4.69) is 5.43 Å². The average Bonchev–Trinajstić information content (AvgIpc) is 2.17. The molecule has 4 heteroatoms. The molecule has 0 aromatic rings. The summed E-state index contributed by atoms with van der Waals surface area (Å²) in [7, 11) is 0. The van der Waals surface area contributed by atoms with Gasteiger partial charge in [0.05, 0.1) is 0 Å². The predicted molar refractivity (Wildman–Crippen MR) is 23.3 cm³/mol. The van der Waals surface area contributed by atoms with Gasteiger partial charge in [0.1, 0.15) is 5.84 Å². The second-order valence-corrected chi connectivity index (χ2v) is 1.42. The molecule has 2 N–H and O–H groups in total. The van der Waals surface area contributed by atoms with Gasteiger partial charge in [-0.15, -0.1) is 0 Å². The van der Waals surface area contributed by atoms with Crippen LogP contribution in [-0.2, 0) is 0 Å². The fourth-order valence-corrected chi connectivity index (χ4v) is 0.348. The number of rotatable bonds is 0. The van der Waals surface area contributed by atoms with Crippen molar-refractivity contribution in [2.24, 2.45) is 0 Å². The molecule has 0 saturated carbocycles. The summed E-state index contributed by atoms with van der Waals surface area (Å²) >= 11 is 0. The Morgan fingerprint density at radius 2 is 2.43 bits per heavy atom. The van der Waals surface area contributed by atoms with Gasteiger partial charge in [0, 0.05) is 0 Å². The Kier molecular flexibility index (Phi) is 0.751. The minimum atomic E-state index is -1.10. The Bertz CT molecular complexity index is 102. The maximum Gasteiger partial charge on any atom is 0.258 e. The molecular formula is C3H6FN3. The molecule has 0 radical (unpaired) electrons. The maximum absolute atomic E-state index is 11.7. The van der Waals surface area contributed by atoms with Crippen molar-refractivity contribution < 1.29 is 4.39 Å². The zero-order valence-electron chi connectivity index (χ0n) is 3.90. The van der Waals surface area contributed by atoms with E-state index in [-0.39, 0.29) is 5.84 Å². The van der Waals surface area contributed by atoms with Crippen LogP contribution in [0.25, 0.3) is 0 Å². The van der Waals surface area contributed by atoms with Crippen molar-refractivity contribution in [3.05, 3.63) is 0 Å². The van der Waals surface area contributed by atoms with Gasteiger partial charge in [0.2, 0.25) is 0 Å². The zero-order valence-corrected chi connectivity index (χ0v) is 3.90. The highest BCUT2D eigenvalue weighted by molar-refractivity contribution is 5.77. The average molecular weight is 103 g/mol. The van der Waals surface area contributed by atoms with Gasteiger partial charge in [0.15, 0.2) is 0 Å². The van der Waals surface area contributed by atoms with E-state index in [9.17, 15) is 4.39 Å². The topological polar surface area (TPSA) is 48.8 Å².